The SMILES string of the molecule is FC(F)(F)CNCc1nc(-c2cncs2)no1. The standard InChI is InChI=1S/C8H7F3N4OS/c9-8(10,11)3-12-2-6-14-7(15-16-6)5-1-13-4-17-5/h1,4,12H,2-3H2. The molecular weight excluding hydrogens is 257 g/mol. The van der Waals surface area contributed by atoms with E-state index >= 15 is 0 Å². The Balaban J connectivity index is 1.91. The highest BCUT2D eigenvalue weighted by atomic mass is 32.1. The van der Waals surface area contributed by atoms with E-state index in [0.29, 0.717) is 10.7 Å². The van der Waals surface area contributed by atoms with Gasteiger partial charge in [0.1, 0.15) is 0 Å². The third-order valence-electron chi connectivity index (χ3n) is 1.72. The molecule has 0 aliphatic heterocycles. The Hall–Kier alpha value is -1.48. The summed E-state index contributed by atoms with van der Waals surface area (Å²) in [4.78, 5) is 8.47. The highest BCUT2D eigenvalue weighted by Gasteiger charge is 2.26. The molecule has 0 saturated heterocycles. The van der Waals surface area contributed by atoms with E-state index < -0.39 is 12.7 Å². The molecule has 1 N–H and O–H groups in total. The summed E-state index contributed by atoms with van der Waals surface area (Å²) in [5, 5.41) is 5.80. The molecule has 0 unspecified atom stereocenters. The highest BCUT2D eigenvalue weighted by Crippen LogP contribution is 2.19. The van der Waals surface area contributed by atoms with Gasteiger partial charge < -0.3 is 9.84 Å². The molecule has 0 saturated carbocycles. The van der Waals surface area contributed by atoms with Crippen LogP contribution in [0.4, 0.5) is 13.2 Å². The van der Waals surface area contributed by atoms with E-state index in [1.165, 1.54) is 11.3 Å². The lowest BCUT2D eigenvalue weighted by atomic mass is 10.5. The second-order valence-electron chi connectivity index (χ2n) is 3.10. The molecule has 0 atom stereocenters. The largest absolute Gasteiger partial charge is 0.401 e. The van der Waals surface area contributed by atoms with Crippen molar-refractivity contribution >= 4 is 11.3 Å². The molecule has 9 heteroatoms. The quantitative estimate of drug-likeness (QED) is 0.913. The van der Waals surface area contributed by atoms with Gasteiger partial charge in [-0.3, -0.25) is 4.98 Å². The number of nitrogens with zero attached hydrogens (tertiary/aromatic N) is 3. The fraction of sp³-hybridized carbons (Fsp3) is 0.375. The maximum Gasteiger partial charge on any atom is 0.401 e. The fourth-order valence-corrected chi connectivity index (χ4v) is 1.61. The van der Waals surface area contributed by atoms with Gasteiger partial charge in [-0.25, -0.2) is 0 Å². The van der Waals surface area contributed by atoms with Gasteiger partial charge in [0, 0.05) is 6.20 Å². The smallest absolute Gasteiger partial charge is 0.338 e. The molecular formula is C8H7F3N4OS. The van der Waals surface area contributed by atoms with Crippen LogP contribution in [0.15, 0.2) is 16.2 Å². The number of hydrogen-bond donors (Lipinski definition) is 1. The van der Waals surface area contributed by atoms with Crippen LogP contribution in [0.25, 0.3) is 10.7 Å². The Morgan fingerprint density at radius 3 is 2.88 bits per heavy atom. The maximum atomic E-state index is 11.9. The molecule has 92 valence electrons. The average molecular weight is 264 g/mol. The minimum Gasteiger partial charge on any atom is -0.338 e. The lowest BCUT2D eigenvalue weighted by molar-refractivity contribution is -0.125. The first-order valence-corrected chi connectivity index (χ1v) is 5.41. The van der Waals surface area contributed by atoms with Crippen LogP contribution in [-0.2, 0) is 6.54 Å². The van der Waals surface area contributed by atoms with Gasteiger partial charge in [-0.2, -0.15) is 18.2 Å². The van der Waals surface area contributed by atoms with Crippen LogP contribution in [-0.4, -0.2) is 27.8 Å². The van der Waals surface area contributed by atoms with Crippen molar-refractivity contribution in [3.63, 3.8) is 0 Å². The summed E-state index contributed by atoms with van der Waals surface area (Å²) in [6.45, 7) is -1.21. The summed E-state index contributed by atoms with van der Waals surface area (Å²) in [5.74, 6) is 0.439. The number of thiazole rings is 1. The zero-order valence-electron chi connectivity index (χ0n) is 8.36. The summed E-state index contributed by atoms with van der Waals surface area (Å²) >= 11 is 1.32. The van der Waals surface area contributed by atoms with Gasteiger partial charge in [0.05, 0.1) is 23.5 Å². The molecule has 2 heterocycles. The van der Waals surface area contributed by atoms with Crippen LogP contribution in [0.3, 0.4) is 0 Å². The topological polar surface area (TPSA) is 63.8 Å². The predicted octanol–water partition coefficient (Wildman–Crippen LogP) is 1.84. The molecule has 2 aromatic heterocycles. The van der Waals surface area contributed by atoms with Gasteiger partial charge in [-0.15, -0.1) is 11.3 Å². The summed E-state index contributed by atoms with van der Waals surface area (Å²) in [6.07, 6.45) is -2.69. The van der Waals surface area contributed by atoms with Crippen LogP contribution in [0.2, 0.25) is 0 Å². The van der Waals surface area contributed by atoms with E-state index in [9.17, 15) is 13.2 Å². The molecule has 17 heavy (non-hydrogen) atoms. The number of alkyl halides is 3. The van der Waals surface area contributed by atoms with Crippen LogP contribution in [0, 0.1) is 0 Å². The van der Waals surface area contributed by atoms with Crippen molar-refractivity contribution in [1.29, 1.82) is 0 Å². The van der Waals surface area contributed by atoms with Gasteiger partial charge in [0.25, 0.3) is 0 Å². The monoisotopic (exact) mass is 264 g/mol. The Bertz CT molecular complexity index is 467. The van der Waals surface area contributed by atoms with Crippen molar-refractivity contribution in [3.8, 4) is 10.7 Å². The predicted molar refractivity (Wildman–Crippen MR) is 53.2 cm³/mol. The summed E-state index contributed by atoms with van der Waals surface area (Å²) < 4.78 is 40.3. The molecule has 2 rings (SSSR count). The minimum absolute atomic E-state index is 0.109. The molecule has 5 nitrogen and oxygen atoms in total. The number of rotatable bonds is 4. The van der Waals surface area contributed by atoms with E-state index in [1.807, 2.05) is 0 Å². The number of hydrogen-bond acceptors (Lipinski definition) is 6. The van der Waals surface area contributed by atoms with Crippen LogP contribution >= 0.6 is 11.3 Å². The summed E-state index contributed by atoms with van der Waals surface area (Å²) in [6, 6.07) is 0. The van der Waals surface area contributed by atoms with Crippen molar-refractivity contribution in [1.82, 2.24) is 20.4 Å². The van der Waals surface area contributed by atoms with E-state index in [0.717, 1.165) is 0 Å². The zero-order chi connectivity index (χ0) is 12.3. The molecule has 0 fully saturated rings. The van der Waals surface area contributed by atoms with Gasteiger partial charge in [0.15, 0.2) is 0 Å². The first kappa shape index (κ1) is 12.0. The first-order chi connectivity index (χ1) is 8.04. The Kier molecular flexibility index (Phi) is 3.38. The average Bonchev–Trinajstić information content (AvgIpc) is 2.83. The Morgan fingerprint density at radius 2 is 2.24 bits per heavy atom. The van der Waals surface area contributed by atoms with E-state index in [-0.39, 0.29) is 12.4 Å². The second-order valence-corrected chi connectivity index (χ2v) is 3.98. The van der Waals surface area contributed by atoms with Crippen molar-refractivity contribution in [2.75, 3.05) is 6.54 Å². The lowest BCUT2D eigenvalue weighted by Crippen LogP contribution is -2.28. The maximum absolute atomic E-state index is 11.9. The lowest BCUT2D eigenvalue weighted by Gasteiger charge is -2.05. The van der Waals surface area contributed by atoms with Gasteiger partial charge in [-0.05, 0) is 0 Å². The molecule has 2 aromatic rings. The van der Waals surface area contributed by atoms with E-state index in [2.05, 4.69) is 20.4 Å². The molecule has 0 aromatic carbocycles. The summed E-state index contributed by atoms with van der Waals surface area (Å²) in [7, 11) is 0. The Morgan fingerprint density at radius 1 is 1.41 bits per heavy atom. The van der Waals surface area contributed by atoms with E-state index in [4.69, 9.17) is 4.52 Å². The Labute approximate surface area is 97.7 Å². The van der Waals surface area contributed by atoms with Crippen LogP contribution in [0.1, 0.15) is 5.89 Å². The summed E-state index contributed by atoms with van der Waals surface area (Å²) in [5.41, 5.74) is 1.60. The molecule has 0 radical (unpaired) electrons. The third-order valence-corrected chi connectivity index (χ3v) is 2.49. The molecule has 0 aliphatic carbocycles. The fourth-order valence-electron chi connectivity index (χ4n) is 1.06. The van der Waals surface area contributed by atoms with Gasteiger partial charge >= 0.3 is 6.18 Å². The number of aromatic nitrogens is 3. The molecule has 0 spiro atoms. The molecule has 0 amide bonds. The third kappa shape index (κ3) is 3.49. The number of nitrogens with one attached hydrogen (secondary N) is 1. The number of halogens is 3. The highest BCUT2D eigenvalue weighted by molar-refractivity contribution is 7.13. The molecule has 0 bridgehead atoms. The van der Waals surface area contributed by atoms with Crippen molar-refractivity contribution in [3.05, 3.63) is 17.6 Å². The normalized spacial score (nSPS) is 11.9. The van der Waals surface area contributed by atoms with E-state index in [1.54, 1.807) is 11.7 Å². The van der Waals surface area contributed by atoms with Crippen LogP contribution < -0.4 is 5.32 Å². The van der Waals surface area contributed by atoms with Gasteiger partial charge in [0.2, 0.25) is 11.7 Å². The van der Waals surface area contributed by atoms with Crippen molar-refractivity contribution < 1.29 is 17.7 Å². The van der Waals surface area contributed by atoms with Crippen molar-refractivity contribution in [2.24, 2.45) is 0 Å². The molecule has 0 aliphatic rings. The second kappa shape index (κ2) is 4.80. The van der Waals surface area contributed by atoms with Crippen LogP contribution in [0.5, 0.6) is 0 Å². The zero-order valence-corrected chi connectivity index (χ0v) is 9.18. The van der Waals surface area contributed by atoms with Crippen molar-refractivity contribution in [2.45, 2.75) is 12.7 Å². The van der Waals surface area contributed by atoms with Gasteiger partial charge in [-0.1, -0.05) is 5.16 Å². The first-order valence-electron chi connectivity index (χ1n) is 4.53. The minimum atomic E-state index is -4.25.